The molecule has 1 aromatic carbocycles. The van der Waals surface area contributed by atoms with Gasteiger partial charge in [-0.1, -0.05) is 0 Å². The molecule has 0 saturated carbocycles. The third kappa shape index (κ3) is 7.81. The maximum Gasteiger partial charge on any atom is 0.304 e. The summed E-state index contributed by atoms with van der Waals surface area (Å²) in [7, 11) is 0. The Morgan fingerprint density at radius 1 is 1.33 bits per heavy atom. The number of thiol groups is 1. The molecule has 118 valence electrons. The number of para-hydroxylation sites is 1. The summed E-state index contributed by atoms with van der Waals surface area (Å²) in [5, 5.41) is 19.4. The number of aromatic hydroxyl groups is 1. The molecule has 0 aliphatic carbocycles. The Hall–Kier alpha value is -1.41. The molecule has 8 nitrogen and oxygen atoms in total. The SMILES string of the molecule is CC(=O)Nc1c(O)cccc1[As](=O)(O)O.O=C(O)CCS. The molecule has 0 saturated heterocycles. The van der Waals surface area contributed by atoms with E-state index in [2.05, 4.69) is 17.9 Å². The first-order chi connectivity index (χ1) is 9.59. The topological polar surface area (TPSA) is 144 Å². The average Bonchev–Trinajstić information content (AvgIpc) is 2.30. The molecule has 0 spiro atoms. The zero-order chi connectivity index (χ0) is 16.6. The van der Waals surface area contributed by atoms with Crippen molar-refractivity contribution in [2.24, 2.45) is 0 Å². The van der Waals surface area contributed by atoms with Crippen molar-refractivity contribution < 1.29 is 31.7 Å². The number of phenolic OH excluding ortho intramolecular Hbond substituents is 1. The molecular weight excluding hydrogens is 365 g/mol. The van der Waals surface area contributed by atoms with Crippen molar-refractivity contribution in [1.29, 1.82) is 0 Å². The number of anilines is 1. The fraction of sp³-hybridized carbons (Fsp3) is 0.273. The summed E-state index contributed by atoms with van der Waals surface area (Å²) in [5.74, 6) is -1.24. The van der Waals surface area contributed by atoms with Crippen LogP contribution in [0.5, 0.6) is 5.75 Å². The third-order valence-corrected chi connectivity index (χ3v) is 4.28. The standard InChI is InChI=1S/C8H10AsNO5.C3H6O2S/c1-5(11)10-8-6(9(13,14)15)3-2-4-7(8)12;4-3(5)1-2-6/h2-4,12H,1H3,(H,10,11)(H2,13,14,15);6H,1-2H2,(H,4,5). The van der Waals surface area contributed by atoms with E-state index in [1.54, 1.807) is 0 Å². The number of carboxylic acids is 1. The number of carboxylic acid groups (broad SMARTS) is 1. The Labute approximate surface area is 129 Å². The summed E-state index contributed by atoms with van der Waals surface area (Å²) < 4.78 is 28.8. The van der Waals surface area contributed by atoms with Crippen LogP contribution < -0.4 is 9.67 Å². The van der Waals surface area contributed by atoms with Gasteiger partial charge in [0.25, 0.3) is 0 Å². The summed E-state index contributed by atoms with van der Waals surface area (Å²) in [6, 6.07) is 3.71. The molecule has 1 rings (SSSR count). The van der Waals surface area contributed by atoms with Crippen LogP contribution >= 0.6 is 12.6 Å². The summed E-state index contributed by atoms with van der Waals surface area (Å²) in [6.45, 7) is 1.18. The Morgan fingerprint density at radius 2 is 1.90 bits per heavy atom. The van der Waals surface area contributed by atoms with Gasteiger partial charge in [-0.2, -0.15) is 12.6 Å². The zero-order valence-corrected chi connectivity index (χ0v) is 13.8. The van der Waals surface area contributed by atoms with Gasteiger partial charge in [0.2, 0.25) is 0 Å². The minimum absolute atomic E-state index is 0.156. The Morgan fingerprint density at radius 3 is 2.24 bits per heavy atom. The summed E-state index contributed by atoms with van der Waals surface area (Å²) in [5.41, 5.74) is -0.225. The van der Waals surface area contributed by atoms with E-state index < -0.39 is 26.0 Å². The van der Waals surface area contributed by atoms with E-state index >= 15 is 0 Å². The Kier molecular flexibility index (Phi) is 8.19. The van der Waals surface area contributed by atoms with Crippen LogP contribution in [0.1, 0.15) is 13.3 Å². The van der Waals surface area contributed by atoms with E-state index in [0.717, 1.165) is 0 Å². The summed E-state index contributed by atoms with van der Waals surface area (Å²) >= 11 is -1.46. The quantitative estimate of drug-likeness (QED) is 0.230. The van der Waals surface area contributed by atoms with Gasteiger partial charge in [-0.25, -0.2) is 0 Å². The summed E-state index contributed by atoms with van der Waals surface area (Å²) in [4.78, 5) is 20.3. The summed E-state index contributed by atoms with van der Waals surface area (Å²) in [6.07, 6.45) is 0.156. The van der Waals surface area contributed by atoms with Gasteiger partial charge in [-0.3, -0.25) is 4.79 Å². The number of nitrogens with one attached hydrogen (secondary N) is 1. The smallest absolute Gasteiger partial charge is 0.304 e. The first kappa shape index (κ1) is 19.6. The maximum absolute atomic E-state index is 11.1. The van der Waals surface area contributed by atoms with Crippen LogP contribution in [0, 0.1) is 0 Å². The van der Waals surface area contributed by atoms with Crippen LogP contribution in [0.4, 0.5) is 5.69 Å². The van der Waals surface area contributed by atoms with E-state index in [-0.39, 0.29) is 22.2 Å². The Balaban J connectivity index is 0.000000567. The number of hydrogen-bond acceptors (Lipinski definition) is 5. The molecule has 0 heterocycles. The van der Waals surface area contributed by atoms with Gasteiger partial charge in [0.15, 0.2) is 0 Å². The molecule has 0 atom stereocenters. The van der Waals surface area contributed by atoms with Crippen molar-refractivity contribution in [2.45, 2.75) is 13.3 Å². The molecule has 0 aromatic heterocycles. The van der Waals surface area contributed by atoms with Crippen molar-refractivity contribution in [3.63, 3.8) is 0 Å². The van der Waals surface area contributed by atoms with E-state index in [4.69, 9.17) is 13.3 Å². The van der Waals surface area contributed by atoms with E-state index in [1.807, 2.05) is 0 Å². The molecule has 5 N–H and O–H groups in total. The second-order valence-electron chi connectivity index (χ2n) is 3.76. The van der Waals surface area contributed by atoms with Gasteiger partial charge < -0.3 is 5.11 Å². The van der Waals surface area contributed by atoms with Gasteiger partial charge in [0.1, 0.15) is 0 Å². The third-order valence-electron chi connectivity index (χ3n) is 1.96. The fourth-order valence-electron chi connectivity index (χ4n) is 1.17. The predicted molar refractivity (Wildman–Crippen MR) is 79.0 cm³/mol. The second kappa shape index (κ2) is 8.78. The number of aliphatic carboxylic acids is 1. The minimum Gasteiger partial charge on any atom is -0.481 e. The molecule has 0 fully saturated rings. The van der Waals surface area contributed by atoms with Crippen LogP contribution in [0.25, 0.3) is 0 Å². The first-order valence-corrected chi connectivity index (χ1v) is 9.59. The van der Waals surface area contributed by atoms with Crippen LogP contribution in [-0.4, -0.2) is 50.2 Å². The molecule has 0 radical (unpaired) electrons. The molecule has 0 aliphatic rings. The molecule has 0 aliphatic heterocycles. The predicted octanol–water partition coefficient (Wildman–Crippen LogP) is -0.698. The van der Waals surface area contributed by atoms with Gasteiger partial charge in [0, 0.05) is 5.75 Å². The van der Waals surface area contributed by atoms with Crippen LogP contribution in [0.15, 0.2) is 18.2 Å². The molecule has 10 heteroatoms. The number of carbonyl (C=O) groups is 2. The van der Waals surface area contributed by atoms with Crippen LogP contribution in [0.3, 0.4) is 0 Å². The van der Waals surface area contributed by atoms with Gasteiger partial charge in [0.05, 0.1) is 6.42 Å². The largest absolute Gasteiger partial charge is 0.481 e. The second-order valence-corrected chi connectivity index (χ2v) is 7.50. The van der Waals surface area contributed by atoms with Crippen molar-refractivity contribution in [1.82, 2.24) is 0 Å². The zero-order valence-electron chi connectivity index (χ0n) is 11.1. The van der Waals surface area contributed by atoms with Crippen LogP contribution in [-0.2, 0) is 13.3 Å². The number of amides is 1. The van der Waals surface area contributed by atoms with Crippen molar-refractivity contribution in [3.8, 4) is 5.75 Å². The number of phenols is 1. The molecule has 0 unspecified atom stereocenters. The van der Waals surface area contributed by atoms with Gasteiger partial charge in [-0.15, -0.1) is 0 Å². The minimum atomic E-state index is -5.14. The first-order valence-electron chi connectivity index (χ1n) is 5.58. The normalized spacial score (nSPS) is 10.3. The average molecular weight is 381 g/mol. The van der Waals surface area contributed by atoms with Crippen LogP contribution in [0.2, 0.25) is 0 Å². The Bertz CT molecular complexity index is 558. The van der Waals surface area contributed by atoms with Crippen molar-refractivity contribution >= 4 is 48.7 Å². The fourth-order valence-corrected chi connectivity index (χ4v) is 2.92. The molecule has 1 amide bonds. The molecule has 0 bridgehead atoms. The number of hydrogen-bond donors (Lipinski definition) is 6. The monoisotopic (exact) mass is 381 g/mol. The molecule has 1 aromatic rings. The van der Waals surface area contributed by atoms with E-state index in [0.29, 0.717) is 5.75 Å². The molecule has 21 heavy (non-hydrogen) atoms. The number of rotatable bonds is 4. The maximum atomic E-state index is 11.1. The van der Waals surface area contributed by atoms with Crippen molar-refractivity contribution in [2.75, 3.05) is 11.1 Å². The molecular formula is C11H16AsNO7S. The number of benzene rings is 1. The van der Waals surface area contributed by atoms with E-state index in [9.17, 15) is 18.4 Å². The van der Waals surface area contributed by atoms with Crippen molar-refractivity contribution in [3.05, 3.63) is 18.2 Å². The van der Waals surface area contributed by atoms with E-state index in [1.165, 1.54) is 25.1 Å². The van der Waals surface area contributed by atoms with Gasteiger partial charge >= 0.3 is 94.1 Å². The van der Waals surface area contributed by atoms with Gasteiger partial charge in [-0.05, 0) is 0 Å². The number of carbonyl (C=O) groups excluding carboxylic acids is 1.